The van der Waals surface area contributed by atoms with Crippen LogP contribution in [0.1, 0.15) is 32.1 Å². The summed E-state index contributed by atoms with van der Waals surface area (Å²) in [4.78, 5) is 81.1. The SMILES string of the molecule is NC(=O)CCC(N)C(=O)NC(CCC(N)=O)C(=O)NC(CC(=O)O)C(=O)NC(CO)C(=O)O. The zero-order valence-corrected chi connectivity index (χ0v) is 17.5. The zero-order valence-electron chi connectivity index (χ0n) is 17.5. The van der Waals surface area contributed by atoms with E-state index >= 15 is 0 Å². The van der Waals surface area contributed by atoms with E-state index in [-0.39, 0.29) is 25.7 Å². The lowest BCUT2D eigenvalue weighted by Gasteiger charge is -2.24. The molecule has 4 unspecified atom stereocenters. The predicted molar refractivity (Wildman–Crippen MR) is 108 cm³/mol. The van der Waals surface area contributed by atoms with Gasteiger partial charge in [0.1, 0.15) is 18.1 Å². The topological polar surface area (TPSA) is 294 Å². The third-order valence-electron chi connectivity index (χ3n) is 4.16. The molecule has 0 aromatic carbocycles. The first-order valence-electron chi connectivity index (χ1n) is 9.57. The number of hydrogen-bond donors (Lipinski definition) is 9. The van der Waals surface area contributed by atoms with Crippen LogP contribution in [0.3, 0.4) is 0 Å². The maximum absolute atomic E-state index is 12.6. The average molecular weight is 476 g/mol. The molecule has 0 fully saturated rings. The third kappa shape index (κ3) is 12.0. The van der Waals surface area contributed by atoms with Gasteiger partial charge in [0, 0.05) is 12.8 Å². The minimum atomic E-state index is -1.79. The van der Waals surface area contributed by atoms with Crippen LogP contribution < -0.4 is 33.2 Å². The fraction of sp³-hybridized carbons (Fsp3) is 0.588. The van der Waals surface area contributed by atoms with Gasteiger partial charge in [-0.1, -0.05) is 0 Å². The van der Waals surface area contributed by atoms with E-state index < -0.39 is 78.7 Å². The molecule has 0 radical (unpaired) electrons. The molecule has 0 aliphatic carbocycles. The van der Waals surface area contributed by atoms with Crippen molar-refractivity contribution in [3.8, 4) is 0 Å². The first-order valence-corrected chi connectivity index (χ1v) is 9.57. The molecule has 0 saturated carbocycles. The molecule has 0 aliphatic rings. The molecule has 16 nitrogen and oxygen atoms in total. The molecule has 0 saturated heterocycles. The van der Waals surface area contributed by atoms with Gasteiger partial charge in [-0.05, 0) is 12.8 Å². The summed E-state index contributed by atoms with van der Waals surface area (Å²) in [5, 5.41) is 33.0. The molecule has 5 amide bonds. The Labute approximate surface area is 187 Å². The van der Waals surface area contributed by atoms with Crippen LogP contribution in [-0.2, 0) is 33.6 Å². The number of primary amides is 2. The normalized spacial score (nSPS) is 14.1. The quantitative estimate of drug-likeness (QED) is 0.101. The van der Waals surface area contributed by atoms with Crippen molar-refractivity contribution < 1.29 is 48.9 Å². The molecule has 0 bridgehead atoms. The molecule has 12 N–H and O–H groups in total. The highest BCUT2D eigenvalue weighted by Gasteiger charge is 2.31. The molecule has 4 atom stereocenters. The van der Waals surface area contributed by atoms with E-state index in [0.29, 0.717) is 0 Å². The molecular formula is C17H28N6O10. The molecule has 0 aromatic rings. The number of carbonyl (C=O) groups excluding carboxylic acids is 5. The fourth-order valence-corrected chi connectivity index (χ4v) is 2.38. The Kier molecular flexibility index (Phi) is 12.7. The van der Waals surface area contributed by atoms with Gasteiger partial charge >= 0.3 is 11.9 Å². The number of nitrogens with one attached hydrogen (secondary N) is 3. The fourth-order valence-electron chi connectivity index (χ4n) is 2.38. The number of nitrogens with two attached hydrogens (primary N) is 3. The number of rotatable bonds is 16. The highest BCUT2D eigenvalue weighted by atomic mass is 16.4. The highest BCUT2D eigenvalue weighted by molar-refractivity contribution is 5.95. The number of aliphatic hydroxyl groups excluding tert-OH is 1. The Morgan fingerprint density at radius 1 is 0.697 bits per heavy atom. The van der Waals surface area contributed by atoms with Crippen molar-refractivity contribution in [2.75, 3.05) is 6.61 Å². The number of carbonyl (C=O) groups is 7. The second-order valence-electron chi connectivity index (χ2n) is 6.92. The minimum Gasteiger partial charge on any atom is -0.481 e. The monoisotopic (exact) mass is 476 g/mol. The van der Waals surface area contributed by atoms with Gasteiger partial charge in [0.05, 0.1) is 19.1 Å². The van der Waals surface area contributed by atoms with Gasteiger partial charge in [0.15, 0.2) is 0 Å². The van der Waals surface area contributed by atoms with Crippen molar-refractivity contribution >= 4 is 41.5 Å². The van der Waals surface area contributed by atoms with Gasteiger partial charge in [-0.3, -0.25) is 28.8 Å². The number of amides is 5. The van der Waals surface area contributed by atoms with Crippen molar-refractivity contribution in [1.82, 2.24) is 16.0 Å². The van der Waals surface area contributed by atoms with Crippen molar-refractivity contribution in [1.29, 1.82) is 0 Å². The Morgan fingerprint density at radius 3 is 1.61 bits per heavy atom. The first-order chi connectivity index (χ1) is 15.3. The summed E-state index contributed by atoms with van der Waals surface area (Å²) in [5.74, 6) is -7.90. The van der Waals surface area contributed by atoms with Crippen LogP contribution in [0.4, 0.5) is 0 Å². The van der Waals surface area contributed by atoms with Gasteiger partial charge in [-0.25, -0.2) is 4.79 Å². The van der Waals surface area contributed by atoms with Crippen molar-refractivity contribution in [3.05, 3.63) is 0 Å². The van der Waals surface area contributed by atoms with E-state index in [1.807, 2.05) is 10.6 Å². The van der Waals surface area contributed by atoms with Crippen molar-refractivity contribution in [3.63, 3.8) is 0 Å². The second kappa shape index (κ2) is 14.3. The summed E-state index contributed by atoms with van der Waals surface area (Å²) >= 11 is 0. The summed E-state index contributed by atoms with van der Waals surface area (Å²) < 4.78 is 0. The second-order valence-corrected chi connectivity index (χ2v) is 6.92. The maximum atomic E-state index is 12.6. The van der Waals surface area contributed by atoms with Gasteiger partial charge in [-0.2, -0.15) is 0 Å². The minimum absolute atomic E-state index is 0.146. The van der Waals surface area contributed by atoms with E-state index in [4.69, 9.17) is 32.5 Å². The van der Waals surface area contributed by atoms with Gasteiger partial charge in [-0.15, -0.1) is 0 Å². The van der Waals surface area contributed by atoms with E-state index in [1.54, 1.807) is 0 Å². The Bertz CT molecular complexity index is 773. The number of aliphatic hydroxyl groups is 1. The van der Waals surface area contributed by atoms with Crippen molar-refractivity contribution in [2.24, 2.45) is 17.2 Å². The summed E-state index contributed by atoms with van der Waals surface area (Å²) in [6.07, 6.45) is -2.05. The molecule has 33 heavy (non-hydrogen) atoms. The van der Waals surface area contributed by atoms with Crippen LogP contribution in [0.15, 0.2) is 0 Å². The molecule has 0 aliphatic heterocycles. The molecular weight excluding hydrogens is 448 g/mol. The van der Waals surface area contributed by atoms with Crippen molar-refractivity contribution in [2.45, 2.75) is 56.3 Å². The summed E-state index contributed by atoms with van der Waals surface area (Å²) in [7, 11) is 0. The maximum Gasteiger partial charge on any atom is 0.328 e. The summed E-state index contributed by atoms with van der Waals surface area (Å²) in [6, 6.07) is -6.29. The van der Waals surface area contributed by atoms with Crippen LogP contribution >= 0.6 is 0 Å². The Morgan fingerprint density at radius 2 is 1.15 bits per heavy atom. The zero-order chi connectivity index (χ0) is 25.7. The molecule has 0 rings (SSSR count). The third-order valence-corrected chi connectivity index (χ3v) is 4.16. The van der Waals surface area contributed by atoms with Crippen LogP contribution in [-0.4, -0.2) is 87.6 Å². The number of carboxylic acid groups (broad SMARTS) is 2. The van der Waals surface area contributed by atoms with E-state index in [0.717, 1.165) is 0 Å². The lowest BCUT2D eigenvalue weighted by atomic mass is 10.1. The predicted octanol–water partition coefficient (Wildman–Crippen LogP) is -5.15. The van der Waals surface area contributed by atoms with Crippen LogP contribution in [0.25, 0.3) is 0 Å². The number of hydrogen-bond acceptors (Lipinski definition) is 9. The van der Waals surface area contributed by atoms with Crippen LogP contribution in [0.2, 0.25) is 0 Å². The van der Waals surface area contributed by atoms with Crippen LogP contribution in [0, 0.1) is 0 Å². The van der Waals surface area contributed by atoms with E-state index in [2.05, 4.69) is 5.32 Å². The van der Waals surface area contributed by atoms with E-state index in [9.17, 15) is 33.6 Å². The lowest BCUT2D eigenvalue weighted by Crippen LogP contribution is -2.58. The van der Waals surface area contributed by atoms with Gasteiger partial charge in [0.25, 0.3) is 0 Å². The molecule has 0 heterocycles. The van der Waals surface area contributed by atoms with Gasteiger partial charge in [0.2, 0.25) is 29.5 Å². The molecule has 186 valence electrons. The summed E-state index contributed by atoms with van der Waals surface area (Å²) in [6.45, 7) is -1.00. The molecule has 0 aromatic heterocycles. The molecule has 16 heteroatoms. The first kappa shape index (κ1) is 29.2. The van der Waals surface area contributed by atoms with Gasteiger partial charge < -0.3 is 48.5 Å². The van der Waals surface area contributed by atoms with Crippen LogP contribution in [0.5, 0.6) is 0 Å². The Balaban J connectivity index is 5.48. The van der Waals surface area contributed by atoms with E-state index in [1.165, 1.54) is 0 Å². The number of aliphatic carboxylic acids is 2. The largest absolute Gasteiger partial charge is 0.481 e. The average Bonchev–Trinajstić information content (AvgIpc) is 2.71. The number of carboxylic acids is 2. The standard InChI is InChI=1S/C17H28N6O10/c18-7(1-3-11(19)25)14(29)21-8(2-4-12(20)26)15(30)22-9(5-13(27)28)16(31)23-10(6-24)17(32)33/h7-10,24H,1-6,18H2,(H2,19,25)(H2,20,26)(H,21,29)(H,22,30)(H,23,31)(H,27,28)(H,32,33). The lowest BCUT2D eigenvalue weighted by molar-refractivity contribution is -0.144. The Hall–Kier alpha value is -3.79. The summed E-state index contributed by atoms with van der Waals surface area (Å²) in [5.41, 5.74) is 15.6. The smallest absolute Gasteiger partial charge is 0.328 e. The molecule has 0 spiro atoms. The highest BCUT2D eigenvalue weighted by Crippen LogP contribution is 2.03.